The van der Waals surface area contributed by atoms with E-state index in [1.807, 2.05) is 0 Å². The third kappa shape index (κ3) is 4.55. The van der Waals surface area contributed by atoms with E-state index >= 15 is 0 Å². The SMILES string of the molecule is COCCN(C)C(=O)c1cnn(C)c1C(=O)Nc1ccn2cc(-c3ccnc(F)c3)nc2n1. The quantitative estimate of drug-likeness (QED) is 0.423. The molecule has 0 bridgehead atoms. The molecule has 2 amide bonds. The van der Waals surface area contributed by atoms with E-state index in [-0.39, 0.29) is 23.0 Å². The van der Waals surface area contributed by atoms with Gasteiger partial charge in [0.15, 0.2) is 0 Å². The number of rotatable bonds is 7. The van der Waals surface area contributed by atoms with E-state index in [1.165, 1.54) is 28.0 Å². The number of hydrogen-bond acceptors (Lipinski definition) is 7. The van der Waals surface area contributed by atoms with Crippen LogP contribution in [0.5, 0.6) is 0 Å². The van der Waals surface area contributed by atoms with E-state index in [0.29, 0.717) is 30.2 Å². The van der Waals surface area contributed by atoms with Crippen molar-refractivity contribution in [2.45, 2.75) is 0 Å². The van der Waals surface area contributed by atoms with Gasteiger partial charge in [-0.25, -0.2) is 9.97 Å². The number of carbonyl (C=O) groups is 2. The van der Waals surface area contributed by atoms with Crippen LogP contribution in [0, 0.1) is 5.95 Å². The zero-order chi connectivity index (χ0) is 23.5. The summed E-state index contributed by atoms with van der Waals surface area (Å²) in [5.41, 5.74) is 1.32. The molecule has 0 saturated carbocycles. The number of likely N-dealkylation sites (N-methyl/N-ethyl adjacent to an activating group) is 1. The summed E-state index contributed by atoms with van der Waals surface area (Å²) in [6.45, 7) is 0.736. The zero-order valence-corrected chi connectivity index (χ0v) is 18.2. The van der Waals surface area contributed by atoms with E-state index < -0.39 is 11.9 Å². The average molecular weight is 452 g/mol. The first-order valence-corrected chi connectivity index (χ1v) is 9.93. The normalized spacial score (nSPS) is 11.0. The number of amides is 2. The molecular formula is C21H21FN8O3. The smallest absolute Gasteiger partial charge is 0.275 e. The highest BCUT2D eigenvalue weighted by Crippen LogP contribution is 2.20. The van der Waals surface area contributed by atoms with Gasteiger partial charge >= 0.3 is 0 Å². The summed E-state index contributed by atoms with van der Waals surface area (Å²) in [4.78, 5) is 39.4. The van der Waals surface area contributed by atoms with Crippen LogP contribution in [0.4, 0.5) is 10.2 Å². The number of aryl methyl sites for hydroxylation is 1. The van der Waals surface area contributed by atoms with Crippen LogP contribution in [0.2, 0.25) is 0 Å². The lowest BCUT2D eigenvalue weighted by molar-refractivity contribution is 0.0740. The van der Waals surface area contributed by atoms with Crippen molar-refractivity contribution in [3.05, 3.63) is 60.2 Å². The van der Waals surface area contributed by atoms with Crippen molar-refractivity contribution in [2.75, 3.05) is 32.6 Å². The Bertz CT molecular complexity index is 1330. The molecule has 0 atom stereocenters. The molecule has 1 N–H and O–H groups in total. The highest BCUT2D eigenvalue weighted by Gasteiger charge is 2.24. The Hall–Kier alpha value is -4.19. The lowest BCUT2D eigenvalue weighted by Gasteiger charge is -2.16. The molecule has 0 unspecified atom stereocenters. The van der Waals surface area contributed by atoms with Gasteiger partial charge in [-0.05, 0) is 12.1 Å². The lowest BCUT2D eigenvalue weighted by atomic mass is 10.2. The van der Waals surface area contributed by atoms with Gasteiger partial charge in [-0.2, -0.15) is 14.5 Å². The number of nitrogens with zero attached hydrogens (tertiary/aromatic N) is 7. The molecule has 0 saturated heterocycles. The molecule has 0 aliphatic carbocycles. The number of carbonyl (C=O) groups excluding carboxylic acids is 2. The zero-order valence-electron chi connectivity index (χ0n) is 18.2. The van der Waals surface area contributed by atoms with Crippen molar-refractivity contribution in [3.8, 4) is 11.3 Å². The van der Waals surface area contributed by atoms with Gasteiger partial charge < -0.3 is 15.0 Å². The molecule has 170 valence electrons. The van der Waals surface area contributed by atoms with Gasteiger partial charge in [0.2, 0.25) is 11.7 Å². The first-order chi connectivity index (χ1) is 15.9. The van der Waals surface area contributed by atoms with Crippen LogP contribution in [0.3, 0.4) is 0 Å². The Morgan fingerprint density at radius 2 is 2.09 bits per heavy atom. The molecular weight excluding hydrogens is 431 g/mol. The Morgan fingerprint density at radius 3 is 2.85 bits per heavy atom. The summed E-state index contributed by atoms with van der Waals surface area (Å²) in [7, 11) is 4.74. The number of fused-ring (bicyclic) bond motifs is 1. The molecule has 0 aromatic carbocycles. The monoisotopic (exact) mass is 452 g/mol. The Balaban J connectivity index is 1.57. The van der Waals surface area contributed by atoms with Crippen LogP contribution in [0.1, 0.15) is 20.8 Å². The number of aromatic nitrogens is 6. The van der Waals surface area contributed by atoms with E-state index in [2.05, 4.69) is 25.4 Å². The Morgan fingerprint density at radius 1 is 1.27 bits per heavy atom. The Kier molecular flexibility index (Phi) is 6.09. The fourth-order valence-corrected chi connectivity index (χ4v) is 3.22. The molecule has 11 nitrogen and oxygen atoms in total. The van der Waals surface area contributed by atoms with Crippen LogP contribution in [-0.2, 0) is 11.8 Å². The predicted octanol–water partition coefficient (Wildman–Crippen LogP) is 1.63. The van der Waals surface area contributed by atoms with Gasteiger partial charge in [0.25, 0.3) is 11.8 Å². The van der Waals surface area contributed by atoms with Crippen LogP contribution in [0.15, 0.2) is 43.0 Å². The van der Waals surface area contributed by atoms with Crippen molar-refractivity contribution >= 4 is 23.4 Å². The number of nitrogens with one attached hydrogen (secondary N) is 1. The first-order valence-electron chi connectivity index (χ1n) is 9.93. The number of methoxy groups -OCH3 is 1. The van der Waals surface area contributed by atoms with Crippen molar-refractivity contribution in [2.24, 2.45) is 7.05 Å². The summed E-state index contributed by atoms with van der Waals surface area (Å²) in [6.07, 6.45) is 6.06. The minimum absolute atomic E-state index is 0.0993. The standard InChI is InChI=1S/C21H21FN8O3/c1-28(8-9-33-3)20(32)14-11-24-29(2)18(14)19(31)26-17-5-7-30-12-15(25-21(30)27-17)13-4-6-23-16(22)10-13/h4-7,10-12H,8-9H2,1-3H3,(H,25,26,27,31). The second kappa shape index (κ2) is 9.12. The average Bonchev–Trinajstić information content (AvgIpc) is 3.40. The van der Waals surface area contributed by atoms with Crippen LogP contribution in [0.25, 0.3) is 17.0 Å². The van der Waals surface area contributed by atoms with Crippen molar-refractivity contribution in [3.63, 3.8) is 0 Å². The van der Waals surface area contributed by atoms with Gasteiger partial charge in [-0.3, -0.25) is 18.7 Å². The van der Waals surface area contributed by atoms with E-state index in [1.54, 1.807) is 50.1 Å². The number of hydrogen-bond donors (Lipinski definition) is 1. The fraction of sp³-hybridized carbons (Fsp3) is 0.238. The first kappa shape index (κ1) is 22.0. The van der Waals surface area contributed by atoms with E-state index in [9.17, 15) is 14.0 Å². The highest BCUT2D eigenvalue weighted by atomic mass is 19.1. The lowest BCUT2D eigenvalue weighted by Crippen LogP contribution is -2.31. The summed E-state index contributed by atoms with van der Waals surface area (Å²) in [5, 5.41) is 6.74. The maximum absolute atomic E-state index is 13.4. The van der Waals surface area contributed by atoms with Crippen molar-refractivity contribution in [1.29, 1.82) is 0 Å². The Labute approximate surface area is 187 Å². The van der Waals surface area contributed by atoms with Gasteiger partial charge in [0.05, 0.1) is 24.1 Å². The highest BCUT2D eigenvalue weighted by molar-refractivity contribution is 6.10. The molecule has 4 aromatic rings. The molecule has 0 aliphatic heterocycles. The van der Waals surface area contributed by atoms with Gasteiger partial charge in [0, 0.05) is 58.0 Å². The fourth-order valence-electron chi connectivity index (χ4n) is 3.22. The molecule has 4 heterocycles. The molecule has 0 spiro atoms. The number of imidazole rings is 1. The number of ether oxygens (including phenoxy) is 1. The second-order valence-electron chi connectivity index (χ2n) is 7.22. The van der Waals surface area contributed by atoms with Crippen molar-refractivity contribution < 1.29 is 18.7 Å². The second-order valence-corrected chi connectivity index (χ2v) is 7.22. The third-order valence-electron chi connectivity index (χ3n) is 4.95. The van der Waals surface area contributed by atoms with Crippen molar-refractivity contribution in [1.82, 2.24) is 34.0 Å². The number of halogens is 1. The molecule has 0 fully saturated rings. The molecule has 12 heteroatoms. The minimum atomic E-state index is -0.611. The number of pyridine rings is 1. The maximum atomic E-state index is 13.4. The molecule has 0 aliphatic rings. The van der Waals surface area contributed by atoms with Crippen LogP contribution >= 0.6 is 0 Å². The van der Waals surface area contributed by atoms with Gasteiger partial charge in [0.1, 0.15) is 11.5 Å². The molecule has 4 rings (SSSR count). The predicted molar refractivity (Wildman–Crippen MR) is 116 cm³/mol. The largest absolute Gasteiger partial charge is 0.383 e. The summed E-state index contributed by atoms with van der Waals surface area (Å²) in [6, 6.07) is 4.50. The summed E-state index contributed by atoms with van der Waals surface area (Å²) in [5.74, 6) is -0.965. The molecule has 4 aromatic heterocycles. The molecule has 33 heavy (non-hydrogen) atoms. The summed E-state index contributed by atoms with van der Waals surface area (Å²) >= 11 is 0. The van der Waals surface area contributed by atoms with Crippen LogP contribution in [-0.4, -0.2) is 73.2 Å². The van der Waals surface area contributed by atoms with Gasteiger partial charge in [-0.15, -0.1) is 0 Å². The summed E-state index contributed by atoms with van der Waals surface area (Å²) < 4.78 is 21.4. The molecule has 0 radical (unpaired) electrons. The van der Waals surface area contributed by atoms with Gasteiger partial charge in [-0.1, -0.05) is 0 Å². The van der Waals surface area contributed by atoms with Crippen LogP contribution < -0.4 is 5.32 Å². The minimum Gasteiger partial charge on any atom is -0.383 e. The van der Waals surface area contributed by atoms with E-state index in [4.69, 9.17) is 4.74 Å². The topological polar surface area (TPSA) is 120 Å². The van der Waals surface area contributed by atoms with E-state index in [0.717, 1.165) is 0 Å². The third-order valence-corrected chi connectivity index (χ3v) is 4.95. The maximum Gasteiger partial charge on any atom is 0.275 e. The number of anilines is 1.